The quantitative estimate of drug-likeness (QED) is 0.508. The highest BCUT2D eigenvalue weighted by molar-refractivity contribution is 5.95. The van der Waals surface area contributed by atoms with Crippen molar-refractivity contribution in [2.24, 2.45) is 0 Å². The van der Waals surface area contributed by atoms with Crippen LogP contribution in [0.1, 0.15) is 45.7 Å². The molecule has 2 bridgehead atoms. The Hall–Kier alpha value is -4.20. The molecule has 6 atom stereocenters. The van der Waals surface area contributed by atoms with E-state index >= 15 is 0 Å². The lowest BCUT2D eigenvalue weighted by Crippen LogP contribution is -2.79. The van der Waals surface area contributed by atoms with Crippen molar-refractivity contribution in [3.63, 3.8) is 0 Å². The number of hydrogen-bond acceptors (Lipinski definition) is 9. The first-order valence-corrected chi connectivity index (χ1v) is 14.5. The van der Waals surface area contributed by atoms with E-state index in [1.165, 1.54) is 5.01 Å². The lowest BCUT2D eigenvalue weighted by Gasteiger charge is -2.51. The van der Waals surface area contributed by atoms with Crippen molar-refractivity contribution in [2.45, 2.75) is 95.6 Å². The molecule has 13 heteroatoms. The van der Waals surface area contributed by atoms with Gasteiger partial charge >= 0.3 is 12.2 Å². The van der Waals surface area contributed by atoms with Crippen LogP contribution in [0.3, 0.4) is 0 Å². The Morgan fingerprint density at radius 2 is 1.50 bits per heavy atom. The van der Waals surface area contributed by atoms with Crippen LogP contribution in [0.15, 0.2) is 60.7 Å². The first kappa shape index (κ1) is 29.9. The standard InChI is InChI=1S/C31H36N4O9/c1-30(2,3)43-28(38)34-27-25-24(41-31(4,5)42-25)23(35(44-27)29(39)40-17-19-14-10-7-11-15-19)22-21(26(37)33(22)34)32-20(36)16-18-12-8-6-9-13-18/h6-15,21-25,27H,16-17H2,1-5H3,(H,32,36)/t21-,22-,23+,24+,25+,27+/m0/s1. The van der Waals surface area contributed by atoms with E-state index in [0.29, 0.717) is 0 Å². The number of fused-ring (bicyclic) bond motifs is 1. The fourth-order valence-corrected chi connectivity index (χ4v) is 6.01. The lowest BCUT2D eigenvalue weighted by molar-refractivity contribution is -0.290. The van der Waals surface area contributed by atoms with Crippen molar-refractivity contribution >= 4 is 24.0 Å². The second-order valence-electron chi connectivity index (χ2n) is 12.6. The van der Waals surface area contributed by atoms with E-state index in [2.05, 4.69) is 5.32 Å². The number of hydrazine groups is 1. The number of nitrogens with zero attached hydrogens (tertiary/aromatic N) is 3. The minimum Gasteiger partial charge on any atom is -0.443 e. The van der Waals surface area contributed by atoms with Gasteiger partial charge in [-0.25, -0.2) is 19.4 Å². The largest absolute Gasteiger partial charge is 0.443 e. The average molecular weight is 609 g/mol. The van der Waals surface area contributed by atoms with Gasteiger partial charge in [-0.2, -0.15) is 10.1 Å². The maximum atomic E-state index is 13.8. The van der Waals surface area contributed by atoms with E-state index in [0.717, 1.165) is 21.2 Å². The van der Waals surface area contributed by atoms with Crippen LogP contribution in [0, 0.1) is 0 Å². The number of benzene rings is 2. The zero-order valence-corrected chi connectivity index (χ0v) is 25.2. The smallest absolute Gasteiger partial charge is 0.434 e. The third kappa shape index (κ3) is 5.58. The topological polar surface area (TPSA) is 136 Å². The first-order chi connectivity index (χ1) is 20.8. The first-order valence-electron chi connectivity index (χ1n) is 14.5. The van der Waals surface area contributed by atoms with Crippen LogP contribution in [-0.4, -0.2) is 87.0 Å². The van der Waals surface area contributed by atoms with Gasteiger partial charge in [-0.15, -0.1) is 0 Å². The van der Waals surface area contributed by atoms with Crippen molar-refractivity contribution in [1.82, 2.24) is 20.4 Å². The summed E-state index contributed by atoms with van der Waals surface area (Å²) in [6, 6.07) is 15.1. The Morgan fingerprint density at radius 1 is 0.886 bits per heavy atom. The number of hydrogen-bond donors (Lipinski definition) is 1. The van der Waals surface area contributed by atoms with Crippen LogP contribution in [0.4, 0.5) is 9.59 Å². The minimum absolute atomic E-state index is 0.0262. The van der Waals surface area contributed by atoms with Crippen molar-refractivity contribution < 1.29 is 43.0 Å². The highest BCUT2D eigenvalue weighted by Gasteiger charge is 2.72. The molecule has 2 aromatic rings. The molecular weight excluding hydrogens is 572 g/mol. The fourth-order valence-electron chi connectivity index (χ4n) is 6.01. The molecule has 0 spiro atoms. The van der Waals surface area contributed by atoms with E-state index in [9.17, 15) is 19.2 Å². The monoisotopic (exact) mass is 608 g/mol. The number of β-lactam (4-membered cyclic amide) rings is 1. The van der Waals surface area contributed by atoms with E-state index < -0.39 is 72.0 Å². The predicted octanol–water partition coefficient (Wildman–Crippen LogP) is 2.89. The second-order valence-corrected chi connectivity index (χ2v) is 12.6. The number of ether oxygens (including phenoxy) is 4. The third-order valence-corrected chi connectivity index (χ3v) is 7.70. The normalized spacial score (nSPS) is 28.4. The third-order valence-electron chi connectivity index (χ3n) is 7.70. The molecule has 0 radical (unpaired) electrons. The summed E-state index contributed by atoms with van der Waals surface area (Å²) in [6.07, 6.45) is -4.79. The van der Waals surface area contributed by atoms with Crippen LogP contribution >= 0.6 is 0 Å². The molecule has 1 N–H and O–H groups in total. The Labute approximate surface area is 254 Å². The van der Waals surface area contributed by atoms with Crippen molar-refractivity contribution in [3.8, 4) is 0 Å². The number of amides is 4. The summed E-state index contributed by atoms with van der Waals surface area (Å²) in [5.74, 6) is -2.09. The van der Waals surface area contributed by atoms with E-state index in [4.69, 9.17) is 23.8 Å². The van der Waals surface area contributed by atoms with Gasteiger partial charge in [0.05, 0.1) is 6.42 Å². The van der Waals surface area contributed by atoms with Gasteiger partial charge in [-0.1, -0.05) is 60.7 Å². The summed E-state index contributed by atoms with van der Waals surface area (Å²) >= 11 is 0. The molecule has 7 rings (SSSR count). The maximum Gasteiger partial charge on any atom is 0.434 e. The predicted molar refractivity (Wildman–Crippen MR) is 152 cm³/mol. The molecule has 13 nitrogen and oxygen atoms in total. The molecule has 0 saturated carbocycles. The summed E-state index contributed by atoms with van der Waals surface area (Å²) in [4.78, 5) is 60.4. The van der Waals surface area contributed by atoms with Crippen LogP contribution in [-0.2, 0) is 46.4 Å². The molecule has 0 unspecified atom stereocenters. The highest BCUT2D eigenvalue weighted by atomic mass is 16.8. The molecule has 44 heavy (non-hydrogen) atoms. The molecular formula is C31H36N4O9. The van der Waals surface area contributed by atoms with Gasteiger partial charge < -0.3 is 24.3 Å². The molecule has 5 saturated heterocycles. The van der Waals surface area contributed by atoms with Crippen molar-refractivity contribution in [3.05, 3.63) is 71.8 Å². The van der Waals surface area contributed by atoms with E-state index in [-0.39, 0.29) is 13.0 Å². The van der Waals surface area contributed by atoms with E-state index in [1.54, 1.807) is 46.8 Å². The number of hydroxylamine groups is 2. The van der Waals surface area contributed by atoms with Gasteiger partial charge in [0.1, 0.15) is 42.5 Å². The van der Waals surface area contributed by atoms with Gasteiger partial charge in [0, 0.05) is 0 Å². The number of carbonyl (C=O) groups excluding carboxylic acids is 4. The van der Waals surface area contributed by atoms with Crippen molar-refractivity contribution in [1.29, 1.82) is 0 Å². The summed E-state index contributed by atoms with van der Waals surface area (Å²) in [6.45, 7) is 8.44. The molecule has 5 fully saturated rings. The van der Waals surface area contributed by atoms with Crippen LogP contribution < -0.4 is 5.32 Å². The van der Waals surface area contributed by atoms with Gasteiger partial charge in [0.2, 0.25) is 12.1 Å². The maximum absolute atomic E-state index is 13.8. The van der Waals surface area contributed by atoms with Crippen molar-refractivity contribution in [2.75, 3.05) is 0 Å². The fraction of sp³-hybridized carbons (Fsp3) is 0.484. The summed E-state index contributed by atoms with van der Waals surface area (Å²) in [5.41, 5.74) is 0.588. The zero-order chi connectivity index (χ0) is 31.4. The summed E-state index contributed by atoms with van der Waals surface area (Å²) in [5, 5.41) is 6.03. The Kier molecular flexibility index (Phi) is 7.50. The number of nitrogens with one attached hydrogen (secondary N) is 1. The molecule has 5 aliphatic rings. The molecule has 0 aliphatic carbocycles. The molecule has 0 aromatic heterocycles. The summed E-state index contributed by atoms with van der Waals surface area (Å²) in [7, 11) is 0. The zero-order valence-electron chi connectivity index (χ0n) is 25.2. The Morgan fingerprint density at radius 3 is 2.14 bits per heavy atom. The molecule has 2 aromatic carbocycles. The Balaban J connectivity index is 1.35. The van der Waals surface area contributed by atoms with Crippen LogP contribution in [0.25, 0.3) is 0 Å². The van der Waals surface area contributed by atoms with Crippen LogP contribution in [0.5, 0.6) is 0 Å². The molecule has 5 heterocycles. The van der Waals surface area contributed by atoms with E-state index in [1.807, 2.05) is 48.5 Å². The summed E-state index contributed by atoms with van der Waals surface area (Å²) < 4.78 is 23.8. The van der Waals surface area contributed by atoms with Gasteiger partial charge in [0.15, 0.2) is 5.79 Å². The number of rotatable bonds is 5. The van der Waals surface area contributed by atoms with Crippen LogP contribution in [0.2, 0.25) is 0 Å². The molecule has 5 aliphatic heterocycles. The van der Waals surface area contributed by atoms with Gasteiger partial charge in [0.25, 0.3) is 5.91 Å². The lowest BCUT2D eigenvalue weighted by atomic mass is 9.85. The minimum atomic E-state index is -1.33. The second kappa shape index (κ2) is 11.1. The average Bonchev–Trinajstić information content (AvgIpc) is 3.18. The molecule has 4 amide bonds. The highest BCUT2D eigenvalue weighted by Crippen LogP contribution is 2.48. The molecule has 234 valence electrons. The Bertz CT molecular complexity index is 1430. The van der Waals surface area contributed by atoms with Gasteiger partial charge in [-0.05, 0) is 45.7 Å². The van der Waals surface area contributed by atoms with Gasteiger partial charge in [-0.3, -0.25) is 9.59 Å². The SMILES string of the molecule is CC(C)(C)OC(=O)N1[C@@H]2ON(C(=O)OCc3ccccc3)[C@@H]([C@H]3OC(C)(C)O[C@H]32)[C@@H]2[C@H](NC(=O)Cc3ccccc3)C(=O)N21. The number of carbonyl (C=O) groups is 4.